The lowest BCUT2D eigenvalue weighted by Gasteiger charge is -2.38. The van der Waals surface area contributed by atoms with Gasteiger partial charge in [-0.05, 0) is 60.6 Å². The van der Waals surface area contributed by atoms with Crippen LogP contribution in [0.3, 0.4) is 0 Å². The largest absolute Gasteiger partial charge is 0.496 e. The lowest BCUT2D eigenvalue weighted by Crippen LogP contribution is -2.42. The first-order chi connectivity index (χ1) is 15.3. The van der Waals surface area contributed by atoms with Crippen LogP contribution in [0, 0.1) is 5.82 Å². The standard InChI is InChI=1S/C26H33FN4O/c1-26(2,3)21-13-12-20(16-23(21)32-4)31-17-22(28)25(30-14-6-5-7-15-30)24(29-31)18-8-10-19(27)11-9-18/h8-13,16-17,29H,5-7,14-15,28H2,1-4H3. The molecule has 2 heterocycles. The molecule has 3 N–H and O–H groups in total. The van der Waals surface area contributed by atoms with Crippen LogP contribution in [0.15, 0.2) is 60.1 Å². The smallest absolute Gasteiger partial charge is 0.124 e. The van der Waals surface area contributed by atoms with Gasteiger partial charge >= 0.3 is 0 Å². The van der Waals surface area contributed by atoms with E-state index in [0.717, 1.165) is 59.9 Å². The average molecular weight is 437 g/mol. The number of nitrogens with two attached hydrogens (primary N) is 1. The van der Waals surface area contributed by atoms with Crippen molar-refractivity contribution in [3.63, 3.8) is 0 Å². The number of halogens is 1. The molecule has 0 saturated carbocycles. The van der Waals surface area contributed by atoms with E-state index in [2.05, 4.69) is 43.2 Å². The Balaban J connectivity index is 1.75. The maximum absolute atomic E-state index is 13.6. The Morgan fingerprint density at radius 3 is 2.31 bits per heavy atom. The van der Waals surface area contributed by atoms with Gasteiger partial charge in [-0.25, -0.2) is 4.39 Å². The molecule has 4 rings (SSSR count). The van der Waals surface area contributed by atoms with Crippen molar-refractivity contribution in [3.05, 3.63) is 77.0 Å². The van der Waals surface area contributed by atoms with Gasteiger partial charge in [0, 0.05) is 24.7 Å². The van der Waals surface area contributed by atoms with E-state index >= 15 is 0 Å². The van der Waals surface area contributed by atoms with E-state index in [1.165, 1.54) is 18.6 Å². The number of nitrogens with one attached hydrogen (secondary N) is 1. The third-order valence-electron chi connectivity index (χ3n) is 6.09. The molecule has 2 aromatic rings. The summed E-state index contributed by atoms with van der Waals surface area (Å²) in [5.41, 5.74) is 15.6. The van der Waals surface area contributed by atoms with Gasteiger partial charge in [0.05, 0.1) is 36.1 Å². The number of nitrogens with zero attached hydrogens (tertiary/aromatic N) is 2. The van der Waals surface area contributed by atoms with Crippen LogP contribution in [0.25, 0.3) is 5.70 Å². The molecule has 0 atom stereocenters. The SMILES string of the molecule is COc1cc(N2C=C(N)C(N3CCCCC3)=C(c3ccc(F)cc3)N2)ccc1C(C)(C)C. The quantitative estimate of drug-likeness (QED) is 0.697. The Labute approximate surface area is 190 Å². The van der Waals surface area contributed by atoms with Crippen molar-refractivity contribution in [3.8, 4) is 5.75 Å². The summed E-state index contributed by atoms with van der Waals surface area (Å²) in [4.78, 5) is 2.33. The number of methoxy groups -OCH3 is 1. The van der Waals surface area contributed by atoms with Crippen LogP contribution in [-0.4, -0.2) is 25.1 Å². The second-order valence-electron chi connectivity index (χ2n) is 9.48. The van der Waals surface area contributed by atoms with Crippen molar-refractivity contribution >= 4 is 11.4 Å². The van der Waals surface area contributed by atoms with Crippen molar-refractivity contribution in [2.45, 2.75) is 45.4 Å². The van der Waals surface area contributed by atoms with E-state index in [1.807, 2.05) is 17.3 Å². The fourth-order valence-corrected chi connectivity index (χ4v) is 4.41. The second kappa shape index (κ2) is 8.77. The highest BCUT2D eigenvalue weighted by molar-refractivity contribution is 5.75. The first-order valence-corrected chi connectivity index (χ1v) is 11.2. The minimum absolute atomic E-state index is 0.0331. The highest BCUT2D eigenvalue weighted by Gasteiger charge is 2.27. The maximum Gasteiger partial charge on any atom is 0.124 e. The summed E-state index contributed by atoms with van der Waals surface area (Å²) in [5, 5.41) is 1.91. The minimum atomic E-state index is -0.257. The van der Waals surface area contributed by atoms with Crippen molar-refractivity contribution < 1.29 is 9.13 Å². The summed E-state index contributed by atoms with van der Waals surface area (Å²) >= 11 is 0. The van der Waals surface area contributed by atoms with E-state index < -0.39 is 0 Å². The molecule has 0 aliphatic carbocycles. The number of hydrogen-bond donors (Lipinski definition) is 2. The molecule has 0 amide bonds. The molecule has 2 aliphatic rings. The van der Waals surface area contributed by atoms with Gasteiger partial charge in [-0.15, -0.1) is 0 Å². The molecule has 170 valence electrons. The van der Waals surface area contributed by atoms with E-state index in [4.69, 9.17) is 10.5 Å². The molecule has 5 nitrogen and oxygen atoms in total. The predicted octanol–water partition coefficient (Wildman–Crippen LogP) is 5.11. The third kappa shape index (κ3) is 4.40. The molecule has 0 bridgehead atoms. The molecular formula is C26H33FN4O. The second-order valence-corrected chi connectivity index (χ2v) is 9.48. The molecule has 2 aliphatic heterocycles. The van der Waals surface area contributed by atoms with Gasteiger partial charge in [0.25, 0.3) is 0 Å². The number of rotatable bonds is 4. The van der Waals surface area contributed by atoms with Gasteiger partial charge in [0.1, 0.15) is 11.6 Å². The number of hydrogen-bond acceptors (Lipinski definition) is 5. The van der Waals surface area contributed by atoms with Crippen molar-refractivity contribution in [1.29, 1.82) is 0 Å². The Hall–Kier alpha value is -3.15. The van der Waals surface area contributed by atoms with Crippen molar-refractivity contribution in [2.24, 2.45) is 5.73 Å². The summed E-state index contributed by atoms with van der Waals surface area (Å²) in [5.74, 6) is 0.575. The summed E-state index contributed by atoms with van der Waals surface area (Å²) in [7, 11) is 1.69. The predicted molar refractivity (Wildman–Crippen MR) is 128 cm³/mol. The summed E-state index contributed by atoms with van der Waals surface area (Å²) < 4.78 is 19.3. The monoisotopic (exact) mass is 436 g/mol. The lowest BCUT2D eigenvalue weighted by molar-refractivity contribution is 0.288. The first-order valence-electron chi connectivity index (χ1n) is 11.2. The van der Waals surface area contributed by atoms with E-state index in [0.29, 0.717) is 5.70 Å². The van der Waals surface area contributed by atoms with Crippen LogP contribution in [0.5, 0.6) is 5.75 Å². The Bertz CT molecular complexity index is 1030. The molecule has 0 radical (unpaired) electrons. The van der Waals surface area contributed by atoms with Gasteiger partial charge in [0.2, 0.25) is 0 Å². The maximum atomic E-state index is 13.6. The number of anilines is 1. The Morgan fingerprint density at radius 1 is 1.00 bits per heavy atom. The fraction of sp³-hybridized carbons (Fsp3) is 0.385. The summed E-state index contributed by atoms with van der Waals surface area (Å²) in [6, 6.07) is 12.7. The van der Waals surface area contributed by atoms with Crippen LogP contribution in [0.4, 0.5) is 10.1 Å². The van der Waals surface area contributed by atoms with Gasteiger partial charge in [-0.3, -0.25) is 10.4 Å². The van der Waals surface area contributed by atoms with E-state index in [-0.39, 0.29) is 11.2 Å². The summed E-state index contributed by atoms with van der Waals surface area (Å²) in [6.07, 6.45) is 5.44. The summed E-state index contributed by atoms with van der Waals surface area (Å²) in [6.45, 7) is 8.43. The number of benzene rings is 2. The zero-order chi connectivity index (χ0) is 22.9. The fourth-order valence-electron chi connectivity index (χ4n) is 4.41. The first kappa shape index (κ1) is 22.1. The Morgan fingerprint density at radius 2 is 1.69 bits per heavy atom. The average Bonchev–Trinajstić information content (AvgIpc) is 2.78. The molecule has 32 heavy (non-hydrogen) atoms. The molecule has 2 aromatic carbocycles. The normalized spacial score (nSPS) is 17.2. The van der Waals surface area contributed by atoms with Crippen LogP contribution in [0.1, 0.15) is 51.2 Å². The zero-order valence-corrected chi connectivity index (χ0v) is 19.4. The molecular weight excluding hydrogens is 403 g/mol. The van der Waals surface area contributed by atoms with Gasteiger partial charge in [0.15, 0.2) is 0 Å². The molecule has 6 heteroatoms. The third-order valence-corrected chi connectivity index (χ3v) is 6.09. The van der Waals surface area contributed by atoms with Gasteiger partial charge in [-0.1, -0.05) is 26.8 Å². The molecule has 1 saturated heterocycles. The van der Waals surface area contributed by atoms with Crippen molar-refractivity contribution in [1.82, 2.24) is 10.3 Å². The number of piperidine rings is 1. The molecule has 0 unspecified atom stereocenters. The van der Waals surface area contributed by atoms with E-state index in [1.54, 1.807) is 19.2 Å². The van der Waals surface area contributed by atoms with Crippen LogP contribution < -0.4 is 20.9 Å². The van der Waals surface area contributed by atoms with Crippen LogP contribution >= 0.6 is 0 Å². The number of hydrazine groups is 1. The zero-order valence-electron chi connectivity index (χ0n) is 19.4. The van der Waals surface area contributed by atoms with Crippen LogP contribution in [0.2, 0.25) is 0 Å². The number of ether oxygens (including phenoxy) is 1. The minimum Gasteiger partial charge on any atom is -0.496 e. The lowest BCUT2D eigenvalue weighted by atomic mass is 9.86. The highest BCUT2D eigenvalue weighted by Crippen LogP contribution is 2.36. The molecule has 0 aromatic heterocycles. The van der Waals surface area contributed by atoms with E-state index in [9.17, 15) is 4.39 Å². The van der Waals surface area contributed by atoms with Crippen LogP contribution in [-0.2, 0) is 5.41 Å². The molecule has 0 spiro atoms. The molecule has 1 fully saturated rings. The van der Waals surface area contributed by atoms with Crippen molar-refractivity contribution in [2.75, 3.05) is 25.2 Å². The Kier molecular flexibility index (Phi) is 6.04. The number of likely N-dealkylation sites (tertiary alicyclic amines) is 1. The van der Waals surface area contributed by atoms with Gasteiger partial charge in [-0.2, -0.15) is 0 Å². The highest BCUT2D eigenvalue weighted by atomic mass is 19.1. The topological polar surface area (TPSA) is 53.8 Å². The van der Waals surface area contributed by atoms with Gasteiger partial charge < -0.3 is 15.4 Å².